The standard InChI is InChI=1S/C15H19N3O2/c1-3-10-20-15-13(16)8-9-14(18-15)17-11-4-6-12(19-2)7-5-11/h4-9H,3,10,16H2,1-2H3,(H,17,18). The minimum Gasteiger partial charge on any atom is -0.497 e. The molecular formula is C15H19N3O2. The van der Waals surface area contributed by atoms with Gasteiger partial charge in [0.25, 0.3) is 0 Å². The van der Waals surface area contributed by atoms with Gasteiger partial charge in [-0.2, -0.15) is 4.98 Å². The van der Waals surface area contributed by atoms with Crippen LogP contribution in [0.1, 0.15) is 13.3 Å². The highest BCUT2D eigenvalue weighted by Crippen LogP contribution is 2.24. The summed E-state index contributed by atoms with van der Waals surface area (Å²) in [7, 11) is 1.64. The largest absolute Gasteiger partial charge is 0.497 e. The summed E-state index contributed by atoms with van der Waals surface area (Å²) >= 11 is 0. The van der Waals surface area contributed by atoms with Crippen molar-refractivity contribution in [1.82, 2.24) is 4.98 Å². The molecule has 0 aliphatic rings. The van der Waals surface area contributed by atoms with Crippen LogP contribution in [0.3, 0.4) is 0 Å². The fourth-order valence-corrected chi connectivity index (χ4v) is 1.66. The SMILES string of the molecule is CCCOc1nc(Nc2ccc(OC)cc2)ccc1N. The van der Waals surface area contributed by atoms with Crippen LogP contribution in [0.15, 0.2) is 36.4 Å². The van der Waals surface area contributed by atoms with Crippen molar-refractivity contribution in [3.63, 3.8) is 0 Å². The van der Waals surface area contributed by atoms with E-state index in [1.165, 1.54) is 0 Å². The summed E-state index contributed by atoms with van der Waals surface area (Å²) in [6.07, 6.45) is 0.914. The first-order chi connectivity index (χ1) is 9.72. The van der Waals surface area contributed by atoms with Gasteiger partial charge in [0.05, 0.1) is 19.4 Å². The number of benzene rings is 1. The molecule has 0 radical (unpaired) electrons. The summed E-state index contributed by atoms with van der Waals surface area (Å²) in [5.41, 5.74) is 7.29. The van der Waals surface area contributed by atoms with Crippen LogP contribution in [0.2, 0.25) is 0 Å². The van der Waals surface area contributed by atoms with Gasteiger partial charge in [0, 0.05) is 5.69 Å². The third-order valence-electron chi connectivity index (χ3n) is 2.70. The molecular weight excluding hydrogens is 254 g/mol. The quantitative estimate of drug-likeness (QED) is 0.845. The molecule has 0 aliphatic carbocycles. The first kappa shape index (κ1) is 14.0. The Morgan fingerprint density at radius 3 is 2.55 bits per heavy atom. The minimum absolute atomic E-state index is 0.463. The van der Waals surface area contributed by atoms with E-state index in [0.29, 0.717) is 24.0 Å². The molecule has 5 nitrogen and oxygen atoms in total. The van der Waals surface area contributed by atoms with Crippen LogP contribution in [0.5, 0.6) is 11.6 Å². The number of rotatable bonds is 6. The molecule has 0 aliphatic heterocycles. The lowest BCUT2D eigenvalue weighted by Crippen LogP contribution is -2.03. The van der Waals surface area contributed by atoms with Crippen molar-refractivity contribution < 1.29 is 9.47 Å². The Balaban J connectivity index is 2.11. The van der Waals surface area contributed by atoms with Gasteiger partial charge >= 0.3 is 0 Å². The molecule has 0 atom stereocenters. The van der Waals surface area contributed by atoms with E-state index in [-0.39, 0.29) is 0 Å². The number of pyridine rings is 1. The van der Waals surface area contributed by atoms with Crippen LogP contribution in [-0.2, 0) is 0 Å². The van der Waals surface area contributed by atoms with Gasteiger partial charge in [-0.1, -0.05) is 6.92 Å². The van der Waals surface area contributed by atoms with Crippen LogP contribution in [0.25, 0.3) is 0 Å². The topological polar surface area (TPSA) is 69.4 Å². The Morgan fingerprint density at radius 1 is 1.15 bits per heavy atom. The number of nitrogen functional groups attached to an aromatic ring is 1. The summed E-state index contributed by atoms with van der Waals surface area (Å²) in [5.74, 6) is 1.97. The molecule has 20 heavy (non-hydrogen) atoms. The lowest BCUT2D eigenvalue weighted by atomic mass is 10.3. The lowest BCUT2D eigenvalue weighted by molar-refractivity contribution is 0.307. The molecule has 0 bridgehead atoms. The van der Waals surface area contributed by atoms with Gasteiger partial charge in [-0.25, -0.2) is 0 Å². The van der Waals surface area contributed by atoms with Crippen LogP contribution in [0, 0.1) is 0 Å². The van der Waals surface area contributed by atoms with E-state index in [1.807, 2.05) is 37.3 Å². The van der Waals surface area contributed by atoms with E-state index >= 15 is 0 Å². The monoisotopic (exact) mass is 273 g/mol. The highest BCUT2D eigenvalue weighted by atomic mass is 16.5. The van der Waals surface area contributed by atoms with Gasteiger partial charge in [-0.15, -0.1) is 0 Å². The second kappa shape index (κ2) is 6.65. The number of nitrogens with two attached hydrogens (primary N) is 1. The molecule has 2 rings (SSSR count). The molecule has 106 valence electrons. The van der Waals surface area contributed by atoms with Crippen molar-refractivity contribution >= 4 is 17.2 Å². The van der Waals surface area contributed by atoms with Gasteiger partial charge in [0.1, 0.15) is 11.6 Å². The van der Waals surface area contributed by atoms with E-state index in [9.17, 15) is 0 Å². The summed E-state index contributed by atoms with van der Waals surface area (Å²) in [4.78, 5) is 4.36. The second-order valence-electron chi connectivity index (χ2n) is 4.29. The summed E-state index contributed by atoms with van der Waals surface area (Å²) in [6, 6.07) is 11.2. The molecule has 0 saturated carbocycles. The smallest absolute Gasteiger partial charge is 0.239 e. The Kier molecular flexibility index (Phi) is 4.65. The van der Waals surface area contributed by atoms with Crippen LogP contribution >= 0.6 is 0 Å². The summed E-state index contributed by atoms with van der Waals surface area (Å²) in [6.45, 7) is 2.64. The Labute approximate surface area is 118 Å². The zero-order chi connectivity index (χ0) is 14.4. The zero-order valence-electron chi connectivity index (χ0n) is 11.7. The number of nitrogens with one attached hydrogen (secondary N) is 1. The van der Waals surface area contributed by atoms with Crippen LogP contribution < -0.4 is 20.5 Å². The van der Waals surface area contributed by atoms with Gasteiger partial charge in [-0.05, 0) is 42.8 Å². The third-order valence-corrected chi connectivity index (χ3v) is 2.70. The van der Waals surface area contributed by atoms with Crippen molar-refractivity contribution in [3.8, 4) is 11.6 Å². The van der Waals surface area contributed by atoms with E-state index in [2.05, 4.69) is 10.3 Å². The molecule has 3 N–H and O–H groups in total. The number of ether oxygens (including phenoxy) is 2. The molecule has 0 unspecified atom stereocenters. The first-order valence-corrected chi connectivity index (χ1v) is 6.53. The van der Waals surface area contributed by atoms with Gasteiger partial charge < -0.3 is 20.5 Å². The summed E-state index contributed by atoms with van der Waals surface area (Å²) < 4.78 is 10.6. The molecule has 0 fully saturated rings. The fraction of sp³-hybridized carbons (Fsp3) is 0.267. The van der Waals surface area contributed by atoms with Crippen molar-refractivity contribution in [2.24, 2.45) is 0 Å². The van der Waals surface area contributed by atoms with Crippen molar-refractivity contribution in [1.29, 1.82) is 0 Å². The lowest BCUT2D eigenvalue weighted by Gasteiger charge is -2.10. The van der Waals surface area contributed by atoms with Gasteiger partial charge in [0.2, 0.25) is 5.88 Å². The maximum absolute atomic E-state index is 5.83. The maximum Gasteiger partial charge on any atom is 0.239 e. The molecule has 2 aromatic rings. The minimum atomic E-state index is 0.463. The van der Waals surface area contributed by atoms with Gasteiger partial charge in [0.15, 0.2) is 0 Å². The average molecular weight is 273 g/mol. The highest BCUT2D eigenvalue weighted by Gasteiger charge is 2.04. The van der Waals surface area contributed by atoms with Crippen LogP contribution in [-0.4, -0.2) is 18.7 Å². The van der Waals surface area contributed by atoms with E-state index in [4.69, 9.17) is 15.2 Å². The Hall–Kier alpha value is -2.43. The highest BCUT2D eigenvalue weighted by molar-refractivity contribution is 5.61. The molecule has 1 aromatic heterocycles. The Morgan fingerprint density at radius 2 is 1.90 bits per heavy atom. The maximum atomic E-state index is 5.83. The number of hydrogen-bond acceptors (Lipinski definition) is 5. The third kappa shape index (κ3) is 3.54. The van der Waals surface area contributed by atoms with E-state index in [1.54, 1.807) is 13.2 Å². The Bertz CT molecular complexity index is 556. The molecule has 5 heteroatoms. The zero-order valence-corrected chi connectivity index (χ0v) is 11.7. The number of methoxy groups -OCH3 is 1. The van der Waals surface area contributed by atoms with E-state index < -0.39 is 0 Å². The molecule has 0 saturated heterocycles. The van der Waals surface area contributed by atoms with Crippen molar-refractivity contribution in [3.05, 3.63) is 36.4 Å². The molecule has 0 amide bonds. The number of hydrogen-bond donors (Lipinski definition) is 2. The molecule has 1 aromatic carbocycles. The fourth-order valence-electron chi connectivity index (χ4n) is 1.66. The summed E-state index contributed by atoms with van der Waals surface area (Å²) in [5, 5.41) is 3.20. The first-order valence-electron chi connectivity index (χ1n) is 6.53. The second-order valence-corrected chi connectivity index (χ2v) is 4.29. The predicted octanol–water partition coefficient (Wildman–Crippen LogP) is 3.20. The van der Waals surface area contributed by atoms with Gasteiger partial charge in [-0.3, -0.25) is 0 Å². The normalized spacial score (nSPS) is 10.1. The van der Waals surface area contributed by atoms with Crippen molar-refractivity contribution in [2.75, 3.05) is 24.8 Å². The number of anilines is 3. The number of aromatic nitrogens is 1. The average Bonchev–Trinajstić information content (AvgIpc) is 2.48. The molecule has 0 spiro atoms. The molecule has 1 heterocycles. The van der Waals surface area contributed by atoms with Crippen LogP contribution in [0.4, 0.5) is 17.2 Å². The number of nitrogens with zero attached hydrogens (tertiary/aromatic N) is 1. The van der Waals surface area contributed by atoms with Crippen molar-refractivity contribution in [2.45, 2.75) is 13.3 Å². The van der Waals surface area contributed by atoms with E-state index in [0.717, 1.165) is 17.9 Å². The predicted molar refractivity (Wildman–Crippen MR) is 80.7 cm³/mol.